The average molecular weight is 469 g/mol. The zero-order chi connectivity index (χ0) is 22.4. The molecule has 33 heavy (non-hydrogen) atoms. The monoisotopic (exact) mass is 468 g/mol. The molecule has 0 saturated carbocycles. The number of nitrogens with zero attached hydrogens (tertiary/aromatic N) is 5. The van der Waals surface area contributed by atoms with Crippen molar-refractivity contribution in [2.24, 2.45) is 0 Å². The highest BCUT2D eigenvalue weighted by Gasteiger charge is 2.31. The van der Waals surface area contributed by atoms with Gasteiger partial charge in [-0.05, 0) is 62.9 Å². The minimum atomic E-state index is 0.297. The molecule has 1 aromatic carbocycles. The molecule has 3 aromatic rings. The molecule has 0 radical (unpaired) electrons. The van der Waals surface area contributed by atoms with Crippen molar-refractivity contribution in [2.45, 2.75) is 44.2 Å². The van der Waals surface area contributed by atoms with Crippen LogP contribution in [0.1, 0.15) is 42.5 Å². The summed E-state index contributed by atoms with van der Waals surface area (Å²) in [4.78, 5) is 11.9. The van der Waals surface area contributed by atoms with E-state index in [0.717, 1.165) is 79.5 Å². The van der Waals surface area contributed by atoms with Crippen molar-refractivity contribution in [3.05, 3.63) is 40.8 Å². The molecule has 0 amide bonds. The van der Waals surface area contributed by atoms with Gasteiger partial charge in [-0.1, -0.05) is 11.6 Å². The summed E-state index contributed by atoms with van der Waals surface area (Å²) in [5, 5.41) is 9.68. The molecule has 3 aliphatic rings. The van der Waals surface area contributed by atoms with E-state index >= 15 is 0 Å². The van der Waals surface area contributed by atoms with Crippen molar-refractivity contribution in [3.63, 3.8) is 0 Å². The molecular formula is C24H29ClN6O2. The van der Waals surface area contributed by atoms with Gasteiger partial charge in [0.05, 0.1) is 55.0 Å². The lowest BCUT2D eigenvalue weighted by molar-refractivity contribution is -0.0712. The minimum Gasteiger partial charge on any atom is -0.379 e. The van der Waals surface area contributed by atoms with E-state index in [0.29, 0.717) is 30.6 Å². The summed E-state index contributed by atoms with van der Waals surface area (Å²) >= 11 is 6.70. The van der Waals surface area contributed by atoms with Gasteiger partial charge in [0.25, 0.3) is 0 Å². The van der Waals surface area contributed by atoms with Crippen LogP contribution in [-0.4, -0.2) is 70.2 Å². The maximum atomic E-state index is 6.70. The van der Waals surface area contributed by atoms with Gasteiger partial charge in [-0.25, -0.2) is 9.97 Å². The van der Waals surface area contributed by atoms with Crippen LogP contribution in [0, 0.1) is 6.92 Å². The maximum absolute atomic E-state index is 6.70. The summed E-state index contributed by atoms with van der Waals surface area (Å²) in [6.07, 6.45) is 6.90. The molecule has 3 saturated heterocycles. The summed E-state index contributed by atoms with van der Waals surface area (Å²) in [6, 6.07) is 5.06. The molecule has 0 aliphatic carbocycles. The molecule has 1 N–H and O–H groups in total. The van der Waals surface area contributed by atoms with Crippen molar-refractivity contribution in [3.8, 4) is 0 Å². The Morgan fingerprint density at radius 1 is 1.03 bits per heavy atom. The molecule has 3 aliphatic heterocycles. The number of fused-ring (bicyclic) bond motifs is 1. The molecule has 1 atom stereocenters. The van der Waals surface area contributed by atoms with E-state index in [1.165, 1.54) is 5.56 Å². The topological polar surface area (TPSA) is 77.3 Å². The Bertz CT molecular complexity index is 1150. The van der Waals surface area contributed by atoms with Crippen LogP contribution in [0.2, 0.25) is 5.02 Å². The third kappa shape index (κ3) is 4.10. The molecule has 9 heteroatoms. The predicted octanol–water partition coefficient (Wildman–Crippen LogP) is 4.07. The smallest absolute Gasteiger partial charge is 0.227 e. The number of nitrogens with one attached hydrogen (secondary N) is 1. The molecule has 0 bridgehead atoms. The van der Waals surface area contributed by atoms with E-state index in [9.17, 15) is 0 Å². The summed E-state index contributed by atoms with van der Waals surface area (Å²) in [6.45, 7) is 7.51. The van der Waals surface area contributed by atoms with Crippen molar-refractivity contribution < 1.29 is 9.47 Å². The van der Waals surface area contributed by atoms with Crippen LogP contribution in [0.25, 0.3) is 10.9 Å². The van der Waals surface area contributed by atoms with Crippen LogP contribution < -0.4 is 5.32 Å². The molecule has 174 valence electrons. The Labute approximate surface area is 198 Å². The second-order valence-corrected chi connectivity index (χ2v) is 9.77. The maximum Gasteiger partial charge on any atom is 0.227 e. The lowest BCUT2D eigenvalue weighted by Gasteiger charge is -2.41. The number of piperidine rings is 1. The summed E-state index contributed by atoms with van der Waals surface area (Å²) < 4.78 is 12.9. The lowest BCUT2D eigenvalue weighted by Crippen LogP contribution is -2.51. The van der Waals surface area contributed by atoms with Crippen LogP contribution in [0.15, 0.2) is 24.5 Å². The molecule has 3 fully saturated rings. The van der Waals surface area contributed by atoms with Crippen molar-refractivity contribution in [2.75, 3.05) is 44.8 Å². The quantitative estimate of drug-likeness (QED) is 0.604. The van der Waals surface area contributed by atoms with Gasteiger partial charge in [0, 0.05) is 23.2 Å². The van der Waals surface area contributed by atoms with Gasteiger partial charge in [-0.2, -0.15) is 5.10 Å². The Balaban J connectivity index is 1.21. The Morgan fingerprint density at radius 3 is 2.58 bits per heavy atom. The van der Waals surface area contributed by atoms with Crippen LogP contribution in [0.5, 0.6) is 0 Å². The highest BCUT2D eigenvalue weighted by molar-refractivity contribution is 6.32. The fraction of sp³-hybridized carbons (Fsp3) is 0.542. The van der Waals surface area contributed by atoms with Crippen molar-refractivity contribution in [1.82, 2.24) is 24.6 Å². The van der Waals surface area contributed by atoms with E-state index < -0.39 is 0 Å². The second-order valence-electron chi connectivity index (χ2n) is 9.36. The average Bonchev–Trinajstić information content (AvgIpc) is 3.43. The molecule has 0 spiro atoms. The number of hydrogen-bond acceptors (Lipinski definition) is 7. The molecular weight excluding hydrogens is 440 g/mol. The van der Waals surface area contributed by atoms with E-state index in [4.69, 9.17) is 26.1 Å². The lowest BCUT2D eigenvalue weighted by atomic mass is 9.88. The van der Waals surface area contributed by atoms with E-state index in [2.05, 4.69) is 33.3 Å². The Morgan fingerprint density at radius 2 is 1.85 bits per heavy atom. The largest absolute Gasteiger partial charge is 0.379 e. The van der Waals surface area contributed by atoms with E-state index in [1.807, 2.05) is 23.1 Å². The number of ether oxygens (including phenoxy) is 2. The first-order valence-electron chi connectivity index (χ1n) is 11.8. The van der Waals surface area contributed by atoms with Gasteiger partial charge in [0.1, 0.15) is 0 Å². The number of hydrogen-bond donors (Lipinski definition) is 1. The van der Waals surface area contributed by atoms with Gasteiger partial charge < -0.3 is 14.8 Å². The zero-order valence-corrected chi connectivity index (χ0v) is 19.6. The SMILES string of the molecule is Cc1c(Nc2ncc3cc(Cl)c(C4CCN(C5COC5)CC4)cc3n2)cnn1C1CCOC1. The molecule has 1 unspecified atom stereocenters. The van der Waals surface area contributed by atoms with Gasteiger partial charge >= 0.3 is 0 Å². The highest BCUT2D eigenvalue weighted by atomic mass is 35.5. The third-order valence-electron chi connectivity index (χ3n) is 7.35. The standard InChI is InChI=1S/C24H29ClN6O2/c1-15-23(11-27-31(15)18-4-7-32-12-18)29-24-26-10-17-8-21(25)20(9-22(17)28-24)16-2-5-30(6-3-16)19-13-33-14-19/h8-11,16,18-19H,2-7,12-14H2,1H3,(H,26,28,29). The van der Waals surface area contributed by atoms with Gasteiger partial charge in [-0.3, -0.25) is 9.58 Å². The summed E-state index contributed by atoms with van der Waals surface area (Å²) in [5.41, 5.74) is 4.09. The van der Waals surface area contributed by atoms with Crippen molar-refractivity contribution >= 4 is 34.1 Å². The summed E-state index contributed by atoms with van der Waals surface area (Å²) in [7, 11) is 0. The first kappa shape index (κ1) is 21.3. The van der Waals surface area contributed by atoms with E-state index in [1.54, 1.807) is 0 Å². The molecule has 8 nitrogen and oxygen atoms in total. The first-order chi connectivity index (χ1) is 16.2. The predicted molar refractivity (Wildman–Crippen MR) is 127 cm³/mol. The van der Waals surface area contributed by atoms with Crippen LogP contribution in [-0.2, 0) is 9.47 Å². The first-order valence-corrected chi connectivity index (χ1v) is 12.2. The molecule has 5 heterocycles. The molecule has 6 rings (SSSR count). The van der Waals surface area contributed by atoms with Gasteiger partial charge in [0.15, 0.2) is 0 Å². The van der Waals surface area contributed by atoms with Crippen molar-refractivity contribution in [1.29, 1.82) is 0 Å². The zero-order valence-electron chi connectivity index (χ0n) is 18.8. The molecule has 2 aromatic heterocycles. The fourth-order valence-electron chi connectivity index (χ4n) is 5.20. The normalized spacial score (nSPS) is 22.7. The number of benzene rings is 1. The van der Waals surface area contributed by atoms with Crippen LogP contribution in [0.3, 0.4) is 0 Å². The fourth-order valence-corrected chi connectivity index (χ4v) is 5.53. The summed E-state index contributed by atoms with van der Waals surface area (Å²) in [5.74, 6) is 1.03. The van der Waals surface area contributed by atoms with Gasteiger partial charge in [-0.15, -0.1) is 0 Å². The number of rotatable bonds is 5. The highest BCUT2D eigenvalue weighted by Crippen LogP contribution is 2.36. The van der Waals surface area contributed by atoms with Crippen LogP contribution >= 0.6 is 11.6 Å². The number of anilines is 2. The Kier molecular flexibility index (Phi) is 5.70. The van der Waals surface area contributed by atoms with E-state index in [-0.39, 0.29) is 0 Å². The van der Waals surface area contributed by atoms with Gasteiger partial charge in [0.2, 0.25) is 5.95 Å². The number of likely N-dealkylation sites (tertiary alicyclic amines) is 1. The Hall–Kier alpha value is -2.26. The number of halogens is 1. The number of aromatic nitrogens is 4. The second kappa shape index (κ2) is 8.83. The van der Waals surface area contributed by atoms with Crippen LogP contribution in [0.4, 0.5) is 11.6 Å². The minimum absolute atomic E-state index is 0.297. The third-order valence-corrected chi connectivity index (χ3v) is 7.67.